The van der Waals surface area contributed by atoms with Gasteiger partial charge in [0.1, 0.15) is 18.2 Å². The molecule has 0 radical (unpaired) electrons. The predicted molar refractivity (Wildman–Crippen MR) is 127 cm³/mol. The minimum Gasteiger partial charge on any atom is -0.459 e. The lowest BCUT2D eigenvalue weighted by molar-refractivity contribution is -0.148. The van der Waals surface area contributed by atoms with Gasteiger partial charge in [0.15, 0.2) is 0 Å². The highest BCUT2D eigenvalue weighted by molar-refractivity contribution is 6.07. The first-order chi connectivity index (χ1) is 15.8. The van der Waals surface area contributed by atoms with Crippen LogP contribution < -0.4 is 10.9 Å². The van der Waals surface area contributed by atoms with Crippen molar-refractivity contribution in [3.63, 3.8) is 0 Å². The third kappa shape index (κ3) is 4.80. The monoisotopic (exact) mass is 443 g/mol. The molecule has 33 heavy (non-hydrogen) atoms. The Hall–Kier alpha value is -3.93. The molecule has 0 aliphatic carbocycles. The number of amides is 1. The van der Waals surface area contributed by atoms with Crippen LogP contribution in [0.1, 0.15) is 35.3 Å². The molecule has 3 aromatic carbocycles. The largest absolute Gasteiger partial charge is 0.459 e. The first-order valence-electron chi connectivity index (χ1n) is 10.8. The molecule has 1 N–H and O–H groups in total. The van der Waals surface area contributed by atoms with E-state index in [2.05, 4.69) is 5.32 Å². The maximum atomic E-state index is 12.9. The van der Waals surface area contributed by atoms with Gasteiger partial charge in [0.05, 0.1) is 0 Å². The number of carbonyl (C=O) groups is 2. The van der Waals surface area contributed by atoms with Crippen molar-refractivity contribution in [2.45, 2.75) is 33.4 Å². The summed E-state index contributed by atoms with van der Waals surface area (Å²) in [5, 5.41) is 5.38. The molecule has 1 amide bonds. The highest BCUT2D eigenvalue weighted by Gasteiger charge is 2.26. The van der Waals surface area contributed by atoms with Crippen molar-refractivity contribution in [3.05, 3.63) is 93.8 Å². The van der Waals surface area contributed by atoms with Crippen LogP contribution in [0.5, 0.6) is 0 Å². The number of ether oxygens (including phenoxy) is 1. The molecule has 4 rings (SSSR count). The summed E-state index contributed by atoms with van der Waals surface area (Å²) in [7, 11) is 0. The van der Waals surface area contributed by atoms with Crippen LogP contribution in [0.2, 0.25) is 0 Å². The van der Waals surface area contributed by atoms with Crippen LogP contribution in [-0.2, 0) is 16.1 Å². The average Bonchev–Trinajstić information content (AvgIpc) is 2.80. The van der Waals surface area contributed by atoms with Crippen LogP contribution in [0, 0.1) is 12.8 Å². The summed E-state index contributed by atoms with van der Waals surface area (Å²) in [6.45, 7) is 5.49. The summed E-state index contributed by atoms with van der Waals surface area (Å²) in [5.74, 6) is -1.10. The van der Waals surface area contributed by atoms with Gasteiger partial charge in [0, 0.05) is 22.6 Å². The molecular formula is C27H25NO5. The topological polar surface area (TPSA) is 85.6 Å². The van der Waals surface area contributed by atoms with Crippen LogP contribution in [0.15, 0.2) is 75.9 Å². The lowest BCUT2D eigenvalue weighted by Crippen LogP contribution is -2.45. The Morgan fingerprint density at radius 1 is 1.00 bits per heavy atom. The lowest BCUT2D eigenvalue weighted by atomic mass is 10.0. The average molecular weight is 443 g/mol. The van der Waals surface area contributed by atoms with E-state index in [9.17, 15) is 14.4 Å². The number of aryl methyl sites for hydroxylation is 1. The molecule has 4 aromatic rings. The maximum absolute atomic E-state index is 12.9. The van der Waals surface area contributed by atoms with Crippen LogP contribution in [-0.4, -0.2) is 17.9 Å². The Morgan fingerprint density at radius 3 is 2.45 bits per heavy atom. The van der Waals surface area contributed by atoms with E-state index in [0.29, 0.717) is 16.7 Å². The highest BCUT2D eigenvalue weighted by atomic mass is 16.5. The number of hydrogen-bond acceptors (Lipinski definition) is 5. The normalized spacial score (nSPS) is 12.1. The van der Waals surface area contributed by atoms with Gasteiger partial charge in [-0.25, -0.2) is 9.59 Å². The molecule has 1 aromatic heterocycles. The Balaban J connectivity index is 1.58. The zero-order chi connectivity index (χ0) is 23.5. The van der Waals surface area contributed by atoms with E-state index in [-0.39, 0.29) is 18.4 Å². The summed E-state index contributed by atoms with van der Waals surface area (Å²) < 4.78 is 10.9. The zero-order valence-corrected chi connectivity index (χ0v) is 18.8. The van der Waals surface area contributed by atoms with Gasteiger partial charge in [-0.1, -0.05) is 61.9 Å². The second-order valence-corrected chi connectivity index (χ2v) is 8.42. The fourth-order valence-electron chi connectivity index (χ4n) is 3.80. The van der Waals surface area contributed by atoms with Crippen molar-refractivity contribution < 1.29 is 18.7 Å². The third-order valence-corrected chi connectivity index (χ3v) is 5.61. The van der Waals surface area contributed by atoms with Crippen molar-refractivity contribution >= 4 is 33.6 Å². The molecular weight excluding hydrogens is 418 g/mol. The van der Waals surface area contributed by atoms with E-state index in [1.165, 1.54) is 6.07 Å². The van der Waals surface area contributed by atoms with Gasteiger partial charge in [-0.3, -0.25) is 4.79 Å². The molecule has 0 spiro atoms. The van der Waals surface area contributed by atoms with Crippen molar-refractivity contribution in [2.75, 3.05) is 0 Å². The molecule has 0 fully saturated rings. The quantitative estimate of drug-likeness (QED) is 0.264. The van der Waals surface area contributed by atoms with Gasteiger partial charge in [-0.15, -0.1) is 0 Å². The lowest BCUT2D eigenvalue weighted by Gasteiger charge is -2.21. The Labute approximate surface area is 191 Å². The fraction of sp³-hybridized carbons (Fsp3) is 0.222. The number of benzene rings is 3. The summed E-state index contributed by atoms with van der Waals surface area (Å²) in [6, 6.07) is 19.0. The Bertz CT molecular complexity index is 1390. The molecule has 6 heteroatoms. The van der Waals surface area contributed by atoms with Gasteiger partial charge in [-0.2, -0.15) is 0 Å². The van der Waals surface area contributed by atoms with E-state index < -0.39 is 17.6 Å². The van der Waals surface area contributed by atoms with Crippen molar-refractivity contribution in [2.24, 2.45) is 5.92 Å². The van der Waals surface area contributed by atoms with E-state index in [1.807, 2.05) is 63.2 Å². The zero-order valence-electron chi connectivity index (χ0n) is 18.8. The second-order valence-electron chi connectivity index (χ2n) is 8.42. The molecule has 0 aliphatic heterocycles. The van der Waals surface area contributed by atoms with Gasteiger partial charge < -0.3 is 14.5 Å². The molecule has 1 atom stereocenters. The number of esters is 1. The van der Waals surface area contributed by atoms with Crippen LogP contribution in [0.25, 0.3) is 21.7 Å². The molecule has 1 heterocycles. The summed E-state index contributed by atoms with van der Waals surface area (Å²) >= 11 is 0. The first-order valence-corrected chi connectivity index (χ1v) is 10.8. The highest BCUT2D eigenvalue weighted by Crippen LogP contribution is 2.28. The Morgan fingerprint density at radius 2 is 1.73 bits per heavy atom. The SMILES string of the molecule is Cc1ccc(C(=O)N[C@H](C(=O)OCc2cc(=O)oc3ccc4ccccc4c23)C(C)C)cc1. The molecule has 0 saturated heterocycles. The summed E-state index contributed by atoms with van der Waals surface area (Å²) in [4.78, 5) is 37.7. The molecule has 168 valence electrons. The van der Waals surface area contributed by atoms with E-state index in [4.69, 9.17) is 9.15 Å². The van der Waals surface area contributed by atoms with Gasteiger partial charge in [0.25, 0.3) is 5.91 Å². The molecule has 0 bridgehead atoms. The van der Waals surface area contributed by atoms with Gasteiger partial charge in [-0.05, 0) is 41.8 Å². The van der Waals surface area contributed by atoms with Crippen molar-refractivity contribution in [1.29, 1.82) is 0 Å². The minimum atomic E-state index is -0.832. The summed E-state index contributed by atoms with van der Waals surface area (Å²) in [5.41, 5.74) is 1.98. The number of hydrogen-bond donors (Lipinski definition) is 1. The molecule has 0 saturated carbocycles. The number of nitrogens with one attached hydrogen (secondary N) is 1. The third-order valence-electron chi connectivity index (χ3n) is 5.61. The molecule has 0 aliphatic rings. The van der Waals surface area contributed by atoms with Crippen molar-refractivity contribution in [3.8, 4) is 0 Å². The number of carbonyl (C=O) groups excluding carboxylic acids is 2. The van der Waals surface area contributed by atoms with Crippen LogP contribution >= 0.6 is 0 Å². The number of rotatable bonds is 6. The maximum Gasteiger partial charge on any atom is 0.336 e. The van der Waals surface area contributed by atoms with Crippen LogP contribution in [0.3, 0.4) is 0 Å². The summed E-state index contributed by atoms with van der Waals surface area (Å²) in [6.07, 6.45) is 0. The first kappa shape index (κ1) is 22.3. The standard InChI is InChI=1S/C27H25NO5/c1-16(2)25(28-26(30)19-10-8-17(3)9-11-19)27(31)32-15-20-14-23(29)33-22-13-12-18-6-4-5-7-21(18)24(20)22/h4-14,16,25H,15H2,1-3H3,(H,28,30)/t25-/m0/s1. The van der Waals surface area contributed by atoms with E-state index >= 15 is 0 Å². The van der Waals surface area contributed by atoms with Gasteiger partial charge >= 0.3 is 11.6 Å². The fourth-order valence-corrected chi connectivity index (χ4v) is 3.80. The second kappa shape index (κ2) is 9.28. The van der Waals surface area contributed by atoms with Crippen molar-refractivity contribution in [1.82, 2.24) is 5.32 Å². The van der Waals surface area contributed by atoms with E-state index in [0.717, 1.165) is 21.7 Å². The molecule has 6 nitrogen and oxygen atoms in total. The smallest absolute Gasteiger partial charge is 0.336 e. The number of fused-ring (bicyclic) bond motifs is 3. The minimum absolute atomic E-state index is 0.113. The Kier molecular flexibility index (Phi) is 6.27. The van der Waals surface area contributed by atoms with Gasteiger partial charge in [0.2, 0.25) is 0 Å². The molecule has 0 unspecified atom stereocenters. The van der Waals surface area contributed by atoms with Crippen LogP contribution in [0.4, 0.5) is 0 Å². The van der Waals surface area contributed by atoms with E-state index in [1.54, 1.807) is 18.2 Å². The predicted octanol–water partition coefficient (Wildman–Crippen LogP) is 4.75.